The molecule has 0 aromatic carbocycles. The minimum Gasteiger partial charge on any atom is -0.352 e. The molecule has 0 aromatic rings. The Bertz CT molecular complexity index is 247. The van der Waals surface area contributed by atoms with Crippen LogP contribution in [-0.4, -0.2) is 24.0 Å². The van der Waals surface area contributed by atoms with E-state index in [9.17, 15) is 4.79 Å². The molecule has 0 bridgehead atoms. The van der Waals surface area contributed by atoms with Gasteiger partial charge in [-0.2, -0.15) is 0 Å². The molecule has 0 saturated carbocycles. The molecule has 2 unspecified atom stereocenters. The van der Waals surface area contributed by atoms with Crippen LogP contribution in [0.15, 0.2) is 0 Å². The first kappa shape index (κ1) is 15.5. The average molecular weight is 254 g/mol. The summed E-state index contributed by atoms with van der Waals surface area (Å²) in [7, 11) is 0. The highest BCUT2D eigenvalue weighted by Gasteiger charge is 2.34. The molecule has 1 amide bonds. The highest BCUT2D eigenvalue weighted by Crippen LogP contribution is 2.19. The molecule has 3 nitrogen and oxygen atoms in total. The summed E-state index contributed by atoms with van der Waals surface area (Å²) < 4.78 is 0. The zero-order valence-electron chi connectivity index (χ0n) is 12.3. The minimum atomic E-state index is -0.337. The van der Waals surface area contributed by atoms with Gasteiger partial charge in [-0.25, -0.2) is 0 Å². The van der Waals surface area contributed by atoms with E-state index in [-0.39, 0.29) is 11.4 Å². The number of piperidine rings is 1. The van der Waals surface area contributed by atoms with Gasteiger partial charge in [0.1, 0.15) is 0 Å². The summed E-state index contributed by atoms with van der Waals surface area (Å²) >= 11 is 0. The molecule has 1 heterocycles. The Kier molecular flexibility index (Phi) is 6.69. The molecule has 0 radical (unpaired) electrons. The predicted molar refractivity (Wildman–Crippen MR) is 76.6 cm³/mol. The van der Waals surface area contributed by atoms with Crippen LogP contribution in [0.25, 0.3) is 0 Å². The predicted octanol–water partition coefficient (Wildman–Crippen LogP) is 2.99. The largest absolute Gasteiger partial charge is 0.352 e. The van der Waals surface area contributed by atoms with Crippen LogP contribution in [0.1, 0.15) is 72.1 Å². The van der Waals surface area contributed by atoms with Crippen molar-refractivity contribution in [1.82, 2.24) is 10.6 Å². The molecule has 18 heavy (non-hydrogen) atoms. The van der Waals surface area contributed by atoms with Gasteiger partial charge in [0.05, 0.1) is 5.54 Å². The monoisotopic (exact) mass is 254 g/mol. The first-order valence-corrected chi connectivity index (χ1v) is 7.64. The van der Waals surface area contributed by atoms with Gasteiger partial charge >= 0.3 is 0 Å². The van der Waals surface area contributed by atoms with Crippen LogP contribution >= 0.6 is 0 Å². The number of amides is 1. The Balaban J connectivity index is 2.25. The lowest BCUT2D eigenvalue weighted by atomic mass is 9.89. The fourth-order valence-electron chi connectivity index (χ4n) is 2.58. The number of nitrogens with one attached hydrogen (secondary N) is 2. The van der Waals surface area contributed by atoms with E-state index in [1.54, 1.807) is 0 Å². The first-order chi connectivity index (χ1) is 8.58. The molecule has 2 atom stereocenters. The van der Waals surface area contributed by atoms with Crippen molar-refractivity contribution >= 4 is 5.91 Å². The Labute approximate surface area is 112 Å². The van der Waals surface area contributed by atoms with Crippen molar-refractivity contribution in [1.29, 1.82) is 0 Å². The van der Waals surface area contributed by atoms with E-state index in [1.807, 2.05) is 6.92 Å². The van der Waals surface area contributed by atoms with Crippen molar-refractivity contribution in [3.63, 3.8) is 0 Å². The summed E-state index contributed by atoms with van der Waals surface area (Å²) in [5, 5.41) is 6.53. The van der Waals surface area contributed by atoms with Gasteiger partial charge in [0.15, 0.2) is 0 Å². The summed E-state index contributed by atoms with van der Waals surface area (Å²) in [5.41, 5.74) is -0.337. The molecule has 3 heteroatoms. The summed E-state index contributed by atoms with van der Waals surface area (Å²) in [6.45, 7) is 7.34. The zero-order valence-corrected chi connectivity index (χ0v) is 12.3. The topological polar surface area (TPSA) is 41.1 Å². The van der Waals surface area contributed by atoms with Crippen LogP contribution in [0.5, 0.6) is 0 Å². The summed E-state index contributed by atoms with van der Waals surface area (Å²) in [4.78, 5) is 12.2. The van der Waals surface area contributed by atoms with Crippen LogP contribution in [0, 0.1) is 0 Å². The quantitative estimate of drug-likeness (QED) is 0.686. The Hall–Kier alpha value is -0.570. The lowest BCUT2D eigenvalue weighted by Crippen LogP contribution is -2.58. The van der Waals surface area contributed by atoms with Gasteiger partial charge in [-0.3, -0.25) is 4.79 Å². The summed E-state index contributed by atoms with van der Waals surface area (Å²) in [6.07, 6.45) is 9.48. The van der Waals surface area contributed by atoms with Crippen LogP contribution < -0.4 is 10.6 Å². The smallest absolute Gasteiger partial charge is 0.240 e. The van der Waals surface area contributed by atoms with Crippen molar-refractivity contribution in [2.75, 3.05) is 6.54 Å². The number of hydrogen-bond donors (Lipinski definition) is 2. The number of rotatable bonds is 7. The van der Waals surface area contributed by atoms with Gasteiger partial charge in [0.2, 0.25) is 5.91 Å². The van der Waals surface area contributed by atoms with Crippen LogP contribution in [0.3, 0.4) is 0 Å². The van der Waals surface area contributed by atoms with Gasteiger partial charge in [-0.1, -0.05) is 32.6 Å². The van der Waals surface area contributed by atoms with E-state index in [2.05, 4.69) is 24.5 Å². The second-order valence-electron chi connectivity index (χ2n) is 5.94. The Morgan fingerprint density at radius 1 is 1.33 bits per heavy atom. The zero-order chi connectivity index (χ0) is 13.4. The number of carbonyl (C=O) groups excluding carboxylic acids is 1. The van der Waals surface area contributed by atoms with E-state index in [0.29, 0.717) is 6.04 Å². The van der Waals surface area contributed by atoms with Crippen molar-refractivity contribution in [2.24, 2.45) is 0 Å². The molecule has 1 aliphatic heterocycles. The molecule has 2 N–H and O–H groups in total. The fourth-order valence-corrected chi connectivity index (χ4v) is 2.58. The molecule has 1 aliphatic rings. The molecule has 0 aromatic heterocycles. The highest BCUT2D eigenvalue weighted by molar-refractivity contribution is 5.86. The second kappa shape index (κ2) is 7.78. The number of hydrogen-bond acceptors (Lipinski definition) is 2. The molecular weight excluding hydrogens is 224 g/mol. The van der Waals surface area contributed by atoms with Crippen LogP contribution in [0.2, 0.25) is 0 Å². The van der Waals surface area contributed by atoms with Crippen molar-refractivity contribution in [3.05, 3.63) is 0 Å². The summed E-state index contributed by atoms with van der Waals surface area (Å²) in [5.74, 6) is 0.185. The van der Waals surface area contributed by atoms with E-state index in [4.69, 9.17) is 0 Å². The van der Waals surface area contributed by atoms with E-state index >= 15 is 0 Å². The van der Waals surface area contributed by atoms with E-state index < -0.39 is 0 Å². The number of unbranched alkanes of at least 4 members (excludes halogenated alkanes) is 3. The van der Waals surface area contributed by atoms with Gasteiger partial charge in [-0.05, 0) is 46.1 Å². The lowest BCUT2D eigenvalue weighted by molar-refractivity contribution is -0.128. The van der Waals surface area contributed by atoms with E-state index in [0.717, 1.165) is 25.8 Å². The third-order valence-corrected chi connectivity index (χ3v) is 3.99. The van der Waals surface area contributed by atoms with Crippen molar-refractivity contribution in [2.45, 2.75) is 83.7 Å². The fraction of sp³-hybridized carbons (Fsp3) is 0.933. The van der Waals surface area contributed by atoms with Gasteiger partial charge < -0.3 is 10.6 Å². The second-order valence-corrected chi connectivity index (χ2v) is 5.94. The molecule has 106 valence electrons. The summed E-state index contributed by atoms with van der Waals surface area (Å²) in [6, 6.07) is 0.301. The molecule has 1 rings (SSSR count). The normalized spacial score (nSPS) is 25.7. The molecule has 0 spiro atoms. The van der Waals surface area contributed by atoms with Gasteiger partial charge in [0.25, 0.3) is 0 Å². The standard InChI is InChI=1S/C15H30N2O/c1-4-5-6-7-10-13(2)17-14(18)15(3)11-8-9-12-16-15/h13,16H,4-12H2,1-3H3,(H,17,18). The minimum absolute atomic E-state index is 0.185. The maximum atomic E-state index is 12.2. The maximum Gasteiger partial charge on any atom is 0.240 e. The molecule has 0 aliphatic carbocycles. The molecule has 1 fully saturated rings. The third-order valence-electron chi connectivity index (χ3n) is 3.99. The van der Waals surface area contributed by atoms with Crippen molar-refractivity contribution in [3.8, 4) is 0 Å². The van der Waals surface area contributed by atoms with Crippen molar-refractivity contribution < 1.29 is 4.79 Å². The third kappa shape index (κ3) is 4.97. The Morgan fingerprint density at radius 2 is 2.11 bits per heavy atom. The van der Waals surface area contributed by atoms with E-state index in [1.165, 1.54) is 32.1 Å². The molecular formula is C15H30N2O. The Morgan fingerprint density at radius 3 is 2.72 bits per heavy atom. The highest BCUT2D eigenvalue weighted by atomic mass is 16.2. The number of carbonyl (C=O) groups is 1. The van der Waals surface area contributed by atoms with Gasteiger partial charge in [0, 0.05) is 6.04 Å². The van der Waals surface area contributed by atoms with Gasteiger partial charge in [-0.15, -0.1) is 0 Å². The SMILES string of the molecule is CCCCCCC(C)NC(=O)C1(C)CCCCN1. The first-order valence-electron chi connectivity index (χ1n) is 7.64. The van der Waals surface area contributed by atoms with Crippen LogP contribution in [-0.2, 0) is 4.79 Å². The maximum absolute atomic E-state index is 12.2. The average Bonchev–Trinajstić information content (AvgIpc) is 2.35. The lowest BCUT2D eigenvalue weighted by Gasteiger charge is -2.34. The van der Waals surface area contributed by atoms with Crippen LogP contribution in [0.4, 0.5) is 0 Å². The molecule has 1 saturated heterocycles.